The number of hydrogen-bond donors (Lipinski definition) is 0. The van der Waals surface area contributed by atoms with Crippen molar-refractivity contribution in [2.75, 3.05) is 4.90 Å². The van der Waals surface area contributed by atoms with E-state index in [0.717, 1.165) is 11.3 Å². The SMILES string of the molecule is CC(=O)N1c2ccc(S(=O)(=O)Cl)cc2C[C@@H]1C. The summed E-state index contributed by atoms with van der Waals surface area (Å²) in [5, 5.41) is 0. The quantitative estimate of drug-likeness (QED) is 0.735. The van der Waals surface area contributed by atoms with Crippen LogP contribution in [0.5, 0.6) is 0 Å². The molecule has 17 heavy (non-hydrogen) atoms. The van der Waals surface area contributed by atoms with Gasteiger partial charge in [-0.05, 0) is 37.1 Å². The summed E-state index contributed by atoms with van der Waals surface area (Å²) in [4.78, 5) is 13.2. The van der Waals surface area contributed by atoms with E-state index in [2.05, 4.69) is 0 Å². The molecule has 1 aromatic rings. The number of nitrogens with zero attached hydrogens (tertiary/aromatic N) is 1. The highest BCUT2D eigenvalue weighted by molar-refractivity contribution is 8.13. The van der Waals surface area contributed by atoms with E-state index < -0.39 is 9.05 Å². The standard InChI is InChI=1S/C11H12ClNO3S/c1-7-5-9-6-10(17(12,15)16)3-4-11(9)13(7)8(2)14/h3-4,6-7H,5H2,1-2H3/t7-/m0/s1. The third-order valence-corrected chi connectivity index (χ3v) is 4.24. The van der Waals surface area contributed by atoms with E-state index in [4.69, 9.17) is 10.7 Å². The van der Waals surface area contributed by atoms with E-state index in [1.165, 1.54) is 19.1 Å². The van der Waals surface area contributed by atoms with Crippen molar-refractivity contribution in [3.63, 3.8) is 0 Å². The van der Waals surface area contributed by atoms with Crippen LogP contribution in [0, 0.1) is 0 Å². The van der Waals surface area contributed by atoms with Gasteiger partial charge in [-0.2, -0.15) is 0 Å². The average Bonchev–Trinajstić information content (AvgIpc) is 2.50. The van der Waals surface area contributed by atoms with E-state index in [-0.39, 0.29) is 16.8 Å². The van der Waals surface area contributed by atoms with Crippen LogP contribution in [0.3, 0.4) is 0 Å². The van der Waals surface area contributed by atoms with Crippen LogP contribution in [-0.4, -0.2) is 20.4 Å². The molecule has 0 spiro atoms. The molecule has 92 valence electrons. The molecule has 0 saturated carbocycles. The van der Waals surface area contributed by atoms with Gasteiger partial charge in [0.05, 0.1) is 4.90 Å². The zero-order chi connectivity index (χ0) is 12.8. The second-order valence-corrected chi connectivity index (χ2v) is 6.74. The van der Waals surface area contributed by atoms with Crippen LogP contribution in [0.4, 0.5) is 5.69 Å². The fourth-order valence-corrected chi connectivity index (χ4v) is 3.04. The van der Waals surface area contributed by atoms with E-state index in [9.17, 15) is 13.2 Å². The van der Waals surface area contributed by atoms with Crippen molar-refractivity contribution in [3.05, 3.63) is 23.8 Å². The maximum atomic E-state index is 11.5. The Hall–Kier alpha value is -1.07. The Morgan fingerprint density at radius 2 is 2.12 bits per heavy atom. The molecule has 0 fully saturated rings. The van der Waals surface area contributed by atoms with Crippen molar-refractivity contribution >= 4 is 31.3 Å². The van der Waals surface area contributed by atoms with Crippen LogP contribution in [0.15, 0.2) is 23.1 Å². The van der Waals surface area contributed by atoms with Gasteiger partial charge in [-0.3, -0.25) is 4.79 Å². The summed E-state index contributed by atoms with van der Waals surface area (Å²) in [6.07, 6.45) is 0.648. The van der Waals surface area contributed by atoms with Gasteiger partial charge in [0.15, 0.2) is 0 Å². The van der Waals surface area contributed by atoms with E-state index in [0.29, 0.717) is 6.42 Å². The van der Waals surface area contributed by atoms with Crippen LogP contribution in [0.25, 0.3) is 0 Å². The molecule has 6 heteroatoms. The minimum absolute atomic E-state index is 0.0438. The van der Waals surface area contributed by atoms with E-state index >= 15 is 0 Å². The Kier molecular flexibility index (Phi) is 2.91. The Morgan fingerprint density at radius 1 is 1.47 bits per heavy atom. The highest BCUT2D eigenvalue weighted by Gasteiger charge is 2.29. The molecule has 1 atom stereocenters. The van der Waals surface area contributed by atoms with Gasteiger partial charge in [0.1, 0.15) is 0 Å². The molecule has 0 unspecified atom stereocenters. The molecule has 4 nitrogen and oxygen atoms in total. The number of rotatable bonds is 1. The Labute approximate surface area is 105 Å². The summed E-state index contributed by atoms with van der Waals surface area (Å²) in [6, 6.07) is 4.65. The monoisotopic (exact) mass is 273 g/mol. The summed E-state index contributed by atoms with van der Waals surface area (Å²) in [5.74, 6) is -0.0438. The summed E-state index contributed by atoms with van der Waals surface area (Å²) in [5.41, 5.74) is 1.61. The lowest BCUT2D eigenvalue weighted by atomic mass is 10.1. The highest BCUT2D eigenvalue weighted by Crippen LogP contribution is 2.34. The molecule has 0 N–H and O–H groups in total. The molecular formula is C11H12ClNO3S. The Morgan fingerprint density at radius 3 is 2.65 bits per heavy atom. The molecule has 0 bridgehead atoms. The predicted octanol–water partition coefficient (Wildman–Crippen LogP) is 1.91. The van der Waals surface area contributed by atoms with Gasteiger partial charge in [-0.15, -0.1) is 0 Å². The first kappa shape index (κ1) is 12.4. The van der Waals surface area contributed by atoms with Crippen LogP contribution in [0.1, 0.15) is 19.4 Å². The second-order valence-electron chi connectivity index (χ2n) is 4.17. The smallest absolute Gasteiger partial charge is 0.261 e. The summed E-state index contributed by atoms with van der Waals surface area (Å²) in [7, 11) is 1.58. The average molecular weight is 274 g/mol. The van der Waals surface area contributed by atoms with Crippen LogP contribution >= 0.6 is 10.7 Å². The van der Waals surface area contributed by atoms with Crippen molar-refractivity contribution in [2.24, 2.45) is 0 Å². The Bertz CT molecular complexity index is 582. The summed E-state index contributed by atoms with van der Waals surface area (Å²) >= 11 is 0. The fourth-order valence-electron chi connectivity index (χ4n) is 2.24. The minimum atomic E-state index is -3.71. The molecule has 2 rings (SSSR count). The molecule has 1 heterocycles. The molecule has 1 aliphatic rings. The molecule has 0 aromatic heterocycles. The molecule has 0 radical (unpaired) electrons. The fraction of sp³-hybridized carbons (Fsp3) is 0.364. The zero-order valence-electron chi connectivity index (χ0n) is 9.47. The number of carbonyl (C=O) groups is 1. The minimum Gasteiger partial charge on any atom is -0.309 e. The maximum absolute atomic E-state index is 11.5. The number of carbonyl (C=O) groups excluding carboxylic acids is 1. The topological polar surface area (TPSA) is 54.5 Å². The first-order chi connectivity index (χ1) is 7.80. The van der Waals surface area contributed by atoms with Gasteiger partial charge in [0, 0.05) is 29.3 Å². The number of hydrogen-bond acceptors (Lipinski definition) is 3. The third-order valence-electron chi connectivity index (χ3n) is 2.89. The van der Waals surface area contributed by atoms with Crippen molar-refractivity contribution in [2.45, 2.75) is 31.2 Å². The van der Waals surface area contributed by atoms with Gasteiger partial charge >= 0.3 is 0 Å². The van der Waals surface area contributed by atoms with Crippen molar-refractivity contribution in [1.82, 2.24) is 0 Å². The lowest BCUT2D eigenvalue weighted by molar-refractivity contribution is -0.116. The van der Waals surface area contributed by atoms with E-state index in [1.807, 2.05) is 6.92 Å². The van der Waals surface area contributed by atoms with Crippen LogP contribution in [0.2, 0.25) is 0 Å². The van der Waals surface area contributed by atoms with Gasteiger partial charge in [-0.1, -0.05) is 0 Å². The number of benzene rings is 1. The first-order valence-corrected chi connectivity index (χ1v) is 7.49. The first-order valence-electron chi connectivity index (χ1n) is 5.18. The lowest BCUT2D eigenvalue weighted by Gasteiger charge is -2.20. The molecule has 0 aliphatic carbocycles. The molecule has 0 saturated heterocycles. The summed E-state index contributed by atoms with van der Waals surface area (Å²) < 4.78 is 22.4. The zero-order valence-corrected chi connectivity index (χ0v) is 11.0. The second kappa shape index (κ2) is 3.99. The van der Waals surface area contributed by atoms with Gasteiger partial charge in [-0.25, -0.2) is 8.42 Å². The van der Waals surface area contributed by atoms with Gasteiger partial charge < -0.3 is 4.90 Å². The predicted molar refractivity (Wildman–Crippen MR) is 65.8 cm³/mol. The maximum Gasteiger partial charge on any atom is 0.261 e. The number of anilines is 1. The number of fused-ring (bicyclic) bond motifs is 1. The van der Waals surface area contributed by atoms with Gasteiger partial charge in [0.2, 0.25) is 5.91 Å². The van der Waals surface area contributed by atoms with Crippen molar-refractivity contribution < 1.29 is 13.2 Å². The van der Waals surface area contributed by atoms with E-state index in [1.54, 1.807) is 11.0 Å². The van der Waals surface area contributed by atoms with Crippen LogP contribution in [-0.2, 0) is 20.3 Å². The Balaban J connectivity index is 2.52. The lowest BCUT2D eigenvalue weighted by Crippen LogP contribution is -2.33. The molecular weight excluding hydrogens is 262 g/mol. The molecule has 1 aromatic carbocycles. The molecule has 1 amide bonds. The van der Waals surface area contributed by atoms with Gasteiger partial charge in [0.25, 0.3) is 9.05 Å². The van der Waals surface area contributed by atoms with Crippen LogP contribution < -0.4 is 4.90 Å². The normalized spacial score (nSPS) is 19.2. The number of amides is 1. The summed E-state index contributed by atoms with van der Waals surface area (Å²) in [6.45, 7) is 3.42. The molecule has 1 aliphatic heterocycles. The third kappa shape index (κ3) is 2.17. The highest BCUT2D eigenvalue weighted by atomic mass is 35.7. The largest absolute Gasteiger partial charge is 0.309 e. The number of halogens is 1. The van der Waals surface area contributed by atoms with Crippen molar-refractivity contribution in [1.29, 1.82) is 0 Å². The van der Waals surface area contributed by atoms with Crippen molar-refractivity contribution in [3.8, 4) is 0 Å².